The Morgan fingerprint density at radius 3 is 1.81 bits per heavy atom. The van der Waals surface area contributed by atoms with Crippen molar-refractivity contribution in [3.8, 4) is 56.4 Å². The summed E-state index contributed by atoms with van der Waals surface area (Å²) in [6.45, 7) is 0. The van der Waals surface area contributed by atoms with Crippen LogP contribution in [-0.2, 0) is 0 Å². The molecular weight excluding hydrogens is 574 g/mol. The van der Waals surface area contributed by atoms with E-state index in [1.165, 1.54) is 0 Å². The largest absolute Gasteiger partial charge is 0.456 e. The Bertz CT molecular complexity index is 2770. The normalized spacial score (nSPS) is 12.6. The minimum absolute atomic E-state index is 0.00427. The van der Waals surface area contributed by atoms with Gasteiger partial charge in [-0.1, -0.05) is 139 Å². The van der Waals surface area contributed by atoms with Gasteiger partial charge >= 0.3 is 0 Å². The fourth-order valence-electron chi connectivity index (χ4n) is 6.05. The summed E-state index contributed by atoms with van der Waals surface area (Å²) in [6, 6.07) is 44.2. The fourth-order valence-corrected chi connectivity index (χ4v) is 6.05. The van der Waals surface area contributed by atoms with Gasteiger partial charge in [0.1, 0.15) is 11.2 Å². The molecule has 0 amide bonds. The monoisotopic (exact) mass is 605 g/mol. The second-order valence-corrected chi connectivity index (χ2v) is 11.3. The van der Waals surface area contributed by atoms with E-state index >= 15 is 0 Å². The van der Waals surface area contributed by atoms with Gasteiger partial charge in [-0.25, -0.2) is 15.0 Å². The molecule has 0 aliphatic heterocycles. The van der Waals surface area contributed by atoms with Gasteiger partial charge < -0.3 is 4.42 Å². The highest BCUT2D eigenvalue weighted by Crippen LogP contribution is 2.35. The summed E-state index contributed by atoms with van der Waals surface area (Å²) < 4.78 is 42.7. The standard InChI is InChI=1S/C43H27N3O/c1-3-10-28(11-4-1)33-23-20-30-14-9-16-37(38(30)26-33)43-45-41(31-12-5-2-6-13-31)44-42(46-43)32-21-18-29(19-22-32)34-24-25-36-35-15-7-8-17-39(35)47-40(36)27-34/h1-27H/i18D,19D,21D,22D. The van der Waals surface area contributed by atoms with Crippen LogP contribution in [0.15, 0.2) is 168 Å². The quantitative estimate of drug-likeness (QED) is 0.196. The number of aromatic nitrogens is 3. The summed E-state index contributed by atoms with van der Waals surface area (Å²) >= 11 is 0. The zero-order valence-corrected chi connectivity index (χ0v) is 25.0. The number of furan rings is 1. The summed E-state index contributed by atoms with van der Waals surface area (Å²) in [7, 11) is 0. The van der Waals surface area contributed by atoms with Crippen LogP contribution in [-0.4, -0.2) is 15.0 Å². The lowest BCUT2D eigenvalue weighted by Gasteiger charge is -2.12. The summed E-state index contributed by atoms with van der Waals surface area (Å²) in [5.41, 5.74) is 5.67. The molecule has 220 valence electrons. The molecule has 0 saturated heterocycles. The van der Waals surface area contributed by atoms with Crippen molar-refractivity contribution in [1.82, 2.24) is 15.0 Å². The van der Waals surface area contributed by atoms with Crippen molar-refractivity contribution in [2.24, 2.45) is 0 Å². The summed E-state index contributed by atoms with van der Waals surface area (Å²) in [6.07, 6.45) is 0. The molecule has 0 spiro atoms. The van der Waals surface area contributed by atoms with E-state index in [9.17, 15) is 2.74 Å². The van der Waals surface area contributed by atoms with Crippen LogP contribution in [0.25, 0.3) is 89.1 Å². The summed E-state index contributed by atoms with van der Waals surface area (Å²) in [4.78, 5) is 14.6. The highest BCUT2D eigenvalue weighted by Gasteiger charge is 2.15. The molecule has 0 unspecified atom stereocenters. The highest BCUT2D eigenvalue weighted by atomic mass is 16.3. The minimum atomic E-state index is -0.240. The van der Waals surface area contributed by atoms with Crippen molar-refractivity contribution < 1.29 is 9.90 Å². The molecule has 47 heavy (non-hydrogen) atoms. The smallest absolute Gasteiger partial charge is 0.164 e. The highest BCUT2D eigenvalue weighted by molar-refractivity contribution is 6.06. The van der Waals surface area contributed by atoms with E-state index in [2.05, 4.69) is 30.3 Å². The van der Waals surface area contributed by atoms with Crippen molar-refractivity contribution in [3.63, 3.8) is 0 Å². The van der Waals surface area contributed by atoms with Gasteiger partial charge in [0, 0.05) is 27.5 Å². The number of nitrogens with zero attached hydrogens (tertiary/aromatic N) is 3. The molecule has 0 N–H and O–H groups in total. The van der Waals surface area contributed by atoms with Crippen LogP contribution in [0.3, 0.4) is 0 Å². The van der Waals surface area contributed by atoms with E-state index in [0.29, 0.717) is 22.8 Å². The molecule has 9 rings (SSSR count). The number of para-hydroxylation sites is 1. The van der Waals surface area contributed by atoms with Gasteiger partial charge in [0.25, 0.3) is 0 Å². The second kappa shape index (κ2) is 11.2. The van der Waals surface area contributed by atoms with Crippen molar-refractivity contribution >= 4 is 32.7 Å². The Morgan fingerprint density at radius 2 is 1.00 bits per heavy atom. The number of hydrogen-bond acceptors (Lipinski definition) is 4. The third-order valence-electron chi connectivity index (χ3n) is 8.41. The van der Waals surface area contributed by atoms with Crippen LogP contribution in [0.1, 0.15) is 5.48 Å². The molecule has 0 bridgehead atoms. The Balaban J connectivity index is 1.24. The average molecular weight is 606 g/mol. The van der Waals surface area contributed by atoms with Crippen LogP contribution in [0.5, 0.6) is 0 Å². The number of hydrogen-bond donors (Lipinski definition) is 0. The first-order valence-corrected chi connectivity index (χ1v) is 15.4. The van der Waals surface area contributed by atoms with E-state index in [-0.39, 0.29) is 41.1 Å². The first kappa shape index (κ1) is 23.0. The van der Waals surface area contributed by atoms with E-state index < -0.39 is 0 Å². The third kappa shape index (κ3) is 4.93. The predicted octanol–water partition coefficient (Wildman–Crippen LogP) is 11.3. The molecule has 2 aromatic heterocycles. The molecule has 0 aliphatic rings. The van der Waals surface area contributed by atoms with Gasteiger partial charge in [-0.2, -0.15) is 0 Å². The number of fused-ring (bicyclic) bond motifs is 4. The van der Waals surface area contributed by atoms with Gasteiger partial charge in [0.15, 0.2) is 17.5 Å². The van der Waals surface area contributed by atoms with Crippen molar-refractivity contribution in [3.05, 3.63) is 164 Å². The van der Waals surface area contributed by atoms with Gasteiger partial charge in [0.05, 0.1) is 5.48 Å². The van der Waals surface area contributed by atoms with Gasteiger partial charge in [-0.15, -0.1) is 0 Å². The van der Waals surface area contributed by atoms with Crippen molar-refractivity contribution in [2.75, 3.05) is 0 Å². The zero-order valence-electron chi connectivity index (χ0n) is 29.0. The maximum absolute atomic E-state index is 9.20. The molecule has 0 fully saturated rings. The molecule has 9 aromatic rings. The fraction of sp³-hybridized carbons (Fsp3) is 0. The molecule has 4 heteroatoms. The third-order valence-corrected chi connectivity index (χ3v) is 8.41. The van der Waals surface area contributed by atoms with Crippen LogP contribution in [0.4, 0.5) is 0 Å². The van der Waals surface area contributed by atoms with E-state index in [1.54, 1.807) is 6.07 Å². The van der Waals surface area contributed by atoms with Gasteiger partial charge in [0.2, 0.25) is 0 Å². The molecule has 4 nitrogen and oxygen atoms in total. The van der Waals surface area contributed by atoms with Crippen LogP contribution in [0.2, 0.25) is 0 Å². The Kier molecular flexibility index (Phi) is 5.49. The van der Waals surface area contributed by atoms with E-state index in [1.807, 2.05) is 103 Å². The van der Waals surface area contributed by atoms with Crippen LogP contribution >= 0.6 is 0 Å². The van der Waals surface area contributed by atoms with E-state index in [4.69, 9.17) is 22.1 Å². The zero-order chi connectivity index (χ0) is 34.6. The maximum Gasteiger partial charge on any atom is 0.164 e. The minimum Gasteiger partial charge on any atom is -0.456 e. The maximum atomic E-state index is 9.20. The predicted molar refractivity (Wildman–Crippen MR) is 192 cm³/mol. The summed E-state index contributed by atoms with van der Waals surface area (Å²) in [5.74, 6) is 0.792. The lowest BCUT2D eigenvalue weighted by Crippen LogP contribution is -2.00. The average Bonchev–Trinajstić information content (AvgIpc) is 3.55. The van der Waals surface area contributed by atoms with Gasteiger partial charge in [-0.3, -0.25) is 0 Å². The molecular formula is C43H27N3O. The Labute approximate surface area is 277 Å². The topological polar surface area (TPSA) is 51.8 Å². The Hall–Kier alpha value is -6.39. The molecule has 0 saturated carbocycles. The first-order valence-electron chi connectivity index (χ1n) is 17.4. The van der Waals surface area contributed by atoms with E-state index in [0.717, 1.165) is 49.4 Å². The van der Waals surface area contributed by atoms with Crippen molar-refractivity contribution in [2.45, 2.75) is 0 Å². The number of benzene rings is 7. The van der Waals surface area contributed by atoms with Crippen LogP contribution < -0.4 is 0 Å². The van der Waals surface area contributed by atoms with Crippen molar-refractivity contribution in [1.29, 1.82) is 0 Å². The molecule has 0 radical (unpaired) electrons. The van der Waals surface area contributed by atoms with Crippen LogP contribution in [0, 0.1) is 0 Å². The molecule has 7 aromatic carbocycles. The number of rotatable bonds is 5. The lowest BCUT2D eigenvalue weighted by molar-refractivity contribution is 0.669. The SMILES string of the molecule is [2H]c1c([2H])c(-c2nc(-c3ccccc3)nc(-c3cccc4ccc(-c5ccccc5)cc34)n2)c([2H])c([2H])c1-c1ccc2c(c1)oc1ccccc12. The molecule has 2 heterocycles. The van der Waals surface area contributed by atoms with Gasteiger partial charge in [-0.05, 0) is 57.3 Å². The first-order chi connectivity index (χ1) is 24.9. The molecule has 0 atom stereocenters. The lowest BCUT2D eigenvalue weighted by atomic mass is 9.98. The summed E-state index contributed by atoms with van der Waals surface area (Å²) in [5, 5.41) is 3.82. The second-order valence-electron chi connectivity index (χ2n) is 11.3. The Morgan fingerprint density at radius 1 is 0.383 bits per heavy atom. The molecule has 0 aliphatic carbocycles.